The number of rotatable bonds is 7. The molecule has 186 valence electrons. The highest BCUT2D eigenvalue weighted by Gasteiger charge is 2.47. The summed E-state index contributed by atoms with van der Waals surface area (Å²) in [5.41, 5.74) is 0.144. The highest BCUT2D eigenvalue weighted by Crippen LogP contribution is 2.22. The second kappa shape index (κ2) is 11.7. The van der Waals surface area contributed by atoms with Crippen molar-refractivity contribution < 1.29 is 28.8 Å². The van der Waals surface area contributed by atoms with E-state index in [4.69, 9.17) is 32.5 Å². The average Bonchev–Trinajstić information content (AvgIpc) is 2.77. The Bertz CT molecular complexity index is 923. The van der Waals surface area contributed by atoms with Crippen LogP contribution in [0, 0.1) is 5.92 Å². The molecule has 34 heavy (non-hydrogen) atoms. The number of halogens is 2. The van der Waals surface area contributed by atoms with E-state index >= 15 is 0 Å². The molecule has 3 rings (SSSR count). The third kappa shape index (κ3) is 6.62. The Labute approximate surface area is 208 Å². The van der Waals surface area contributed by atoms with E-state index in [9.17, 15) is 19.5 Å². The molecule has 2 bridgehead atoms. The number of hydrogen-bond acceptors (Lipinski definition) is 8. The molecule has 0 saturated carbocycles. The molecule has 1 aromatic rings. The van der Waals surface area contributed by atoms with Gasteiger partial charge in [-0.1, -0.05) is 37.0 Å². The van der Waals surface area contributed by atoms with Gasteiger partial charge in [-0.3, -0.25) is 19.3 Å². The molecule has 1 aromatic carbocycles. The third-order valence-electron chi connectivity index (χ3n) is 5.80. The van der Waals surface area contributed by atoms with Crippen LogP contribution in [0.25, 0.3) is 0 Å². The summed E-state index contributed by atoms with van der Waals surface area (Å²) in [6, 6.07) is 3.41. The van der Waals surface area contributed by atoms with Gasteiger partial charge in [0.1, 0.15) is 6.04 Å². The Morgan fingerprint density at radius 2 is 2.06 bits per heavy atom. The quantitative estimate of drug-likeness (QED) is 0.386. The molecule has 10 nitrogen and oxygen atoms in total. The maximum atomic E-state index is 12.8. The smallest absolute Gasteiger partial charge is 0.507 e. The van der Waals surface area contributed by atoms with E-state index in [-0.39, 0.29) is 23.0 Å². The van der Waals surface area contributed by atoms with Crippen molar-refractivity contribution in [1.29, 1.82) is 0 Å². The van der Waals surface area contributed by atoms with Crippen molar-refractivity contribution in [3.8, 4) is 0 Å². The standard InChI is InChI=1S/C21H29BCl2N4O6/c1-11(2)6-17(22-33-20(31)15-8-25-9-16(28(15)3)21(32)34-22)27-18(29)10-26-19(30)13-7-12(23)4-5-14(13)24/h4-5,7,11,15-17,20,25,31H,6,8-10H2,1-3H3,(H,26,30)(H,27,29)/t15-,16-,17-,20?/m0/s1. The Balaban J connectivity index is 1.67. The summed E-state index contributed by atoms with van der Waals surface area (Å²) < 4.78 is 11.3. The minimum Gasteiger partial charge on any atom is -0.507 e. The van der Waals surface area contributed by atoms with Gasteiger partial charge in [0.2, 0.25) is 5.91 Å². The van der Waals surface area contributed by atoms with Crippen LogP contribution in [0.5, 0.6) is 0 Å². The molecule has 4 N–H and O–H groups in total. The number of piperazine rings is 1. The molecule has 0 radical (unpaired) electrons. The Kier molecular flexibility index (Phi) is 9.19. The van der Waals surface area contributed by atoms with E-state index in [0.717, 1.165) is 0 Å². The summed E-state index contributed by atoms with van der Waals surface area (Å²) in [4.78, 5) is 39.6. The van der Waals surface area contributed by atoms with Crippen LogP contribution < -0.4 is 16.0 Å². The van der Waals surface area contributed by atoms with E-state index in [1.54, 1.807) is 18.0 Å². The average molecular weight is 515 g/mol. The number of likely N-dealkylation sites (N-methyl/N-ethyl adjacent to an activating group) is 1. The number of nitrogens with one attached hydrogen (secondary N) is 3. The molecule has 2 aliphatic rings. The van der Waals surface area contributed by atoms with Gasteiger partial charge in [-0.2, -0.15) is 0 Å². The number of carbonyl (C=O) groups is 3. The number of aliphatic hydroxyl groups excluding tert-OH is 1. The SMILES string of the molecule is CC(C)C[C@H](NC(=O)CNC(=O)c1cc(Cl)ccc1Cl)B1OC(=O)[C@@H]2CNC[C@@H](C(O)O1)N2C. The normalized spacial score (nSPS) is 24.1. The summed E-state index contributed by atoms with van der Waals surface area (Å²) in [5, 5.41) is 19.5. The number of nitrogens with zero attached hydrogens (tertiary/aromatic N) is 1. The van der Waals surface area contributed by atoms with E-state index < -0.39 is 49.2 Å². The monoisotopic (exact) mass is 514 g/mol. The molecule has 4 atom stereocenters. The second-order valence-electron chi connectivity index (χ2n) is 8.85. The Morgan fingerprint density at radius 1 is 1.32 bits per heavy atom. The first-order valence-corrected chi connectivity index (χ1v) is 11.8. The van der Waals surface area contributed by atoms with Gasteiger partial charge in [0.15, 0.2) is 6.29 Å². The fourth-order valence-electron chi connectivity index (χ4n) is 4.00. The van der Waals surface area contributed by atoms with Gasteiger partial charge >= 0.3 is 13.1 Å². The van der Waals surface area contributed by atoms with Gasteiger partial charge in [0, 0.05) is 18.1 Å². The Morgan fingerprint density at radius 3 is 2.76 bits per heavy atom. The lowest BCUT2D eigenvalue weighted by atomic mass is 9.73. The summed E-state index contributed by atoms with van der Waals surface area (Å²) in [7, 11) is 0.538. The second-order valence-corrected chi connectivity index (χ2v) is 9.69. The molecule has 0 spiro atoms. The van der Waals surface area contributed by atoms with E-state index in [2.05, 4.69) is 16.0 Å². The summed E-state index contributed by atoms with van der Waals surface area (Å²) in [5.74, 6) is -2.22. The van der Waals surface area contributed by atoms with Crippen LogP contribution in [-0.4, -0.2) is 85.9 Å². The van der Waals surface area contributed by atoms with Crippen LogP contribution in [0.2, 0.25) is 10.0 Å². The third-order valence-corrected chi connectivity index (χ3v) is 6.36. The van der Waals surface area contributed by atoms with Crippen LogP contribution >= 0.6 is 23.2 Å². The van der Waals surface area contributed by atoms with E-state index in [1.165, 1.54) is 12.1 Å². The van der Waals surface area contributed by atoms with Crippen molar-refractivity contribution in [3.05, 3.63) is 33.8 Å². The summed E-state index contributed by atoms with van der Waals surface area (Å²) >= 11 is 12.0. The van der Waals surface area contributed by atoms with Gasteiger partial charge in [-0.25, -0.2) is 0 Å². The molecule has 2 heterocycles. The van der Waals surface area contributed by atoms with Gasteiger partial charge in [0.25, 0.3) is 5.91 Å². The number of fused-ring (bicyclic) bond motifs is 2. The highest BCUT2D eigenvalue weighted by molar-refractivity contribution is 6.49. The van der Waals surface area contributed by atoms with Crippen LogP contribution in [0.3, 0.4) is 0 Å². The fourth-order valence-corrected chi connectivity index (χ4v) is 4.37. The van der Waals surface area contributed by atoms with Crippen molar-refractivity contribution >= 4 is 48.1 Å². The van der Waals surface area contributed by atoms with Crippen LogP contribution in [0.15, 0.2) is 18.2 Å². The predicted octanol–water partition coefficient (Wildman–Crippen LogP) is 0.446. The van der Waals surface area contributed by atoms with E-state index in [0.29, 0.717) is 24.5 Å². The number of amides is 2. The largest absolute Gasteiger partial charge is 0.553 e. The van der Waals surface area contributed by atoms with Crippen molar-refractivity contribution in [2.45, 2.75) is 44.6 Å². The highest BCUT2D eigenvalue weighted by atomic mass is 35.5. The van der Waals surface area contributed by atoms with Crippen LogP contribution in [0.1, 0.15) is 30.6 Å². The summed E-state index contributed by atoms with van der Waals surface area (Å²) in [6.45, 7) is 4.35. The molecule has 2 amide bonds. The molecular weight excluding hydrogens is 486 g/mol. The van der Waals surface area contributed by atoms with Gasteiger partial charge in [-0.05, 0) is 37.6 Å². The Hall–Kier alpha value is -1.89. The minimum absolute atomic E-state index is 0.110. The number of hydrogen-bond donors (Lipinski definition) is 4. The van der Waals surface area contributed by atoms with E-state index in [1.807, 2.05) is 13.8 Å². The topological polar surface area (TPSA) is 129 Å². The maximum Gasteiger partial charge on any atom is 0.553 e. The first kappa shape index (κ1) is 26.7. The van der Waals surface area contributed by atoms with Crippen molar-refractivity contribution in [2.75, 3.05) is 26.7 Å². The predicted molar refractivity (Wildman–Crippen MR) is 127 cm³/mol. The van der Waals surface area contributed by atoms with Crippen molar-refractivity contribution in [1.82, 2.24) is 20.9 Å². The lowest BCUT2D eigenvalue weighted by Gasteiger charge is -2.44. The van der Waals surface area contributed by atoms with Gasteiger partial charge in [0.05, 0.1) is 29.1 Å². The first-order chi connectivity index (χ1) is 16.1. The molecular formula is C21H29BCl2N4O6. The molecule has 1 unspecified atom stereocenters. The van der Waals surface area contributed by atoms with Crippen LogP contribution in [0.4, 0.5) is 0 Å². The van der Waals surface area contributed by atoms with Gasteiger partial charge < -0.3 is 30.4 Å². The maximum absolute atomic E-state index is 12.8. The zero-order valence-electron chi connectivity index (χ0n) is 19.2. The first-order valence-electron chi connectivity index (χ1n) is 11.1. The van der Waals surface area contributed by atoms with Crippen molar-refractivity contribution in [3.63, 3.8) is 0 Å². The van der Waals surface area contributed by atoms with Crippen molar-refractivity contribution in [2.24, 2.45) is 5.92 Å². The fraction of sp³-hybridized carbons (Fsp3) is 0.571. The number of carbonyl (C=O) groups excluding carboxylic acids is 3. The lowest BCUT2D eigenvalue weighted by Crippen LogP contribution is -2.67. The molecule has 2 fully saturated rings. The lowest BCUT2D eigenvalue weighted by molar-refractivity contribution is -0.162. The molecule has 2 aliphatic heterocycles. The van der Waals surface area contributed by atoms with Crippen LogP contribution in [-0.2, 0) is 18.9 Å². The summed E-state index contributed by atoms with van der Waals surface area (Å²) in [6.07, 6.45) is -0.830. The number of aliphatic hydroxyl groups is 1. The minimum atomic E-state index is -1.24. The molecule has 2 saturated heterocycles. The number of benzene rings is 1. The molecule has 0 aromatic heterocycles. The zero-order chi connectivity index (χ0) is 25.0. The zero-order valence-corrected chi connectivity index (χ0v) is 20.7. The molecule has 13 heteroatoms. The van der Waals surface area contributed by atoms with Gasteiger partial charge in [-0.15, -0.1) is 0 Å². The molecule has 0 aliphatic carbocycles.